The Bertz CT molecular complexity index is 242. The van der Waals surface area contributed by atoms with Gasteiger partial charge >= 0.3 is 0 Å². The fourth-order valence-corrected chi connectivity index (χ4v) is 3.35. The predicted octanol–water partition coefficient (Wildman–Crippen LogP) is 0.633. The fourth-order valence-electron chi connectivity index (χ4n) is 3.35. The molecule has 2 saturated carbocycles. The molecular weight excluding hydrogens is 216 g/mol. The summed E-state index contributed by atoms with van der Waals surface area (Å²) in [5.74, 6) is 0.421. The van der Waals surface area contributed by atoms with E-state index < -0.39 is 0 Å². The SMILES string of the molecule is CCOC1CC(CN)(NC2CCCC2CO)C1. The van der Waals surface area contributed by atoms with Gasteiger partial charge in [-0.3, -0.25) is 0 Å². The number of hydrogen-bond donors (Lipinski definition) is 3. The van der Waals surface area contributed by atoms with Crippen LogP contribution in [0.1, 0.15) is 39.0 Å². The lowest BCUT2D eigenvalue weighted by Crippen LogP contribution is -2.65. The van der Waals surface area contributed by atoms with E-state index in [-0.39, 0.29) is 5.54 Å². The molecule has 17 heavy (non-hydrogen) atoms. The average Bonchev–Trinajstić information content (AvgIpc) is 2.73. The molecule has 0 aromatic rings. The Morgan fingerprint density at radius 2 is 2.18 bits per heavy atom. The smallest absolute Gasteiger partial charge is 0.0611 e. The van der Waals surface area contributed by atoms with Crippen molar-refractivity contribution in [3.63, 3.8) is 0 Å². The van der Waals surface area contributed by atoms with Crippen molar-refractivity contribution >= 4 is 0 Å². The van der Waals surface area contributed by atoms with Crippen LogP contribution in [0.3, 0.4) is 0 Å². The van der Waals surface area contributed by atoms with Gasteiger partial charge in [0.1, 0.15) is 0 Å². The van der Waals surface area contributed by atoms with E-state index in [1.807, 2.05) is 6.92 Å². The molecule has 2 aliphatic rings. The quantitative estimate of drug-likeness (QED) is 0.639. The maximum absolute atomic E-state index is 9.34. The third-order valence-electron chi connectivity index (χ3n) is 4.42. The number of ether oxygens (including phenoxy) is 1. The van der Waals surface area contributed by atoms with E-state index in [9.17, 15) is 5.11 Å². The summed E-state index contributed by atoms with van der Waals surface area (Å²) in [4.78, 5) is 0. The second-order valence-corrected chi connectivity index (χ2v) is 5.59. The third-order valence-corrected chi connectivity index (χ3v) is 4.42. The fraction of sp³-hybridized carbons (Fsp3) is 1.00. The van der Waals surface area contributed by atoms with Crippen LogP contribution in [0.15, 0.2) is 0 Å². The molecule has 2 fully saturated rings. The van der Waals surface area contributed by atoms with Crippen LogP contribution in [0.5, 0.6) is 0 Å². The first-order chi connectivity index (χ1) is 8.23. The lowest BCUT2D eigenvalue weighted by molar-refractivity contribution is -0.0534. The van der Waals surface area contributed by atoms with Crippen molar-refractivity contribution in [2.45, 2.75) is 56.7 Å². The molecular formula is C13H26N2O2. The van der Waals surface area contributed by atoms with Crippen LogP contribution in [-0.2, 0) is 4.74 Å². The summed E-state index contributed by atoms with van der Waals surface area (Å²) in [6, 6.07) is 0.450. The zero-order valence-electron chi connectivity index (χ0n) is 10.8. The Morgan fingerprint density at radius 3 is 2.76 bits per heavy atom. The van der Waals surface area contributed by atoms with Gasteiger partial charge in [-0.05, 0) is 38.5 Å². The molecule has 0 aliphatic heterocycles. The van der Waals surface area contributed by atoms with E-state index in [0.717, 1.165) is 25.9 Å². The first-order valence-electron chi connectivity index (χ1n) is 6.93. The molecule has 2 aliphatic carbocycles. The van der Waals surface area contributed by atoms with Gasteiger partial charge in [-0.15, -0.1) is 0 Å². The zero-order chi connectivity index (χ0) is 12.3. The van der Waals surface area contributed by atoms with E-state index >= 15 is 0 Å². The minimum atomic E-state index is 0.0717. The summed E-state index contributed by atoms with van der Waals surface area (Å²) in [6.07, 6.45) is 5.96. The Balaban J connectivity index is 1.84. The van der Waals surface area contributed by atoms with Gasteiger partial charge in [0.2, 0.25) is 0 Å². The highest BCUT2D eigenvalue weighted by molar-refractivity contribution is 5.05. The van der Waals surface area contributed by atoms with Crippen LogP contribution in [0.4, 0.5) is 0 Å². The largest absolute Gasteiger partial charge is 0.396 e. The summed E-state index contributed by atoms with van der Waals surface area (Å²) >= 11 is 0. The minimum absolute atomic E-state index is 0.0717. The van der Waals surface area contributed by atoms with Gasteiger partial charge in [-0.1, -0.05) is 6.42 Å². The number of hydrogen-bond acceptors (Lipinski definition) is 4. The van der Waals surface area contributed by atoms with Gasteiger partial charge in [0.15, 0.2) is 0 Å². The molecule has 0 aromatic heterocycles. The van der Waals surface area contributed by atoms with Gasteiger partial charge < -0.3 is 20.9 Å². The monoisotopic (exact) mass is 242 g/mol. The molecule has 4 nitrogen and oxygen atoms in total. The highest BCUT2D eigenvalue weighted by Crippen LogP contribution is 2.37. The molecule has 0 spiro atoms. The Kier molecular flexibility index (Phi) is 4.42. The molecule has 0 heterocycles. The van der Waals surface area contributed by atoms with Crippen LogP contribution in [-0.4, -0.2) is 42.5 Å². The Morgan fingerprint density at radius 1 is 1.41 bits per heavy atom. The highest BCUT2D eigenvalue weighted by atomic mass is 16.5. The van der Waals surface area contributed by atoms with Crippen molar-refractivity contribution in [1.29, 1.82) is 0 Å². The van der Waals surface area contributed by atoms with Crippen LogP contribution in [0, 0.1) is 5.92 Å². The zero-order valence-corrected chi connectivity index (χ0v) is 10.8. The van der Waals surface area contributed by atoms with Gasteiger partial charge in [-0.2, -0.15) is 0 Å². The lowest BCUT2D eigenvalue weighted by Gasteiger charge is -2.49. The van der Waals surface area contributed by atoms with Crippen molar-refractivity contribution in [1.82, 2.24) is 5.32 Å². The van der Waals surface area contributed by atoms with Gasteiger partial charge in [-0.25, -0.2) is 0 Å². The van der Waals surface area contributed by atoms with Crippen molar-refractivity contribution < 1.29 is 9.84 Å². The van der Waals surface area contributed by atoms with Crippen molar-refractivity contribution in [3.05, 3.63) is 0 Å². The summed E-state index contributed by atoms with van der Waals surface area (Å²) < 4.78 is 5.61. The lowest BCUT2D eigenvalue weighted by atomic mass is 9.73. The number of nitrogens with two attached hydrogens (primary N) is 1. The van der Waals surface area contributed by atoms with E-state index in [1.54, 1.807) is 0 Å². The third kappa shape index (κ3) is 2.81. The van der Waals surface area contributed by atoms with Crippen molar-refractivity contribution in [2.75, 3.05) is 19.8 Å². The maximum atomic E-state index is 9.34. The maximum Gasteiger partial charge on any atom is 0.0611 e. The topological polar surface area (TPSA) is 67.5 Å². The van der Waals surface area contributed by atoms with Crippen LogP contribution in [0.2, 0.25) is 0 Å². The molecule has 0 aromatic carbocycles. The number of aliphatic hydroxyl groups excluding tert-OH is 1. The van der Waals surface area contributed by atoms with Crippen LogP contribution < -0.4 is 11.1 Å². The first-order valence-corrected chi connectivity index (χ1v) is 6.93. The number of rotatable bonds is 6. The van der Waals surface area contributed by atoms with E-state index in [0.29, 0.717) is 31.2 Å². The first kappa shape index (κ1) is 13.3. The number of nitrogens with one attached hydrogen (secondary N) is 1. The normalized spacial score (nSPS) is 41.5. The standard InChI is InChI=1S/C13H26N2O2/c1-2-17-11-6-13(7-11,9-14)15-12-5-3-4-10(12)8-16/h10-12,15-16H,2-9,14H2,1H3. The Hall–Kier alpha value is -0.160. The van der Waals surface area contributed by atoms with E-state index in [2.05, 4.69) is 5.32 Å². The molecule has 0 saturated heterocycles. The molecule has 100 valence electrons. The molecule has 0 radical (unpaired) electrons. The second-order valence-electron chi connectivity index (χ2n) is 5.59. The molecule has 2 atom stereocenters. The summed E-state index contributed by atoms with van der Waals surface area (Å²) in [5.41, 5.74) is 5.98. The van der Waals surface area contributed by atoms with Crippen LogP contribution in [0.25, 0.3) is 0 Å². The molecule has 4 heteroatoms. The van der Waals surface area contributed by atoms with Crippen molar-refractivity contribution in [3.8, 4) is 0 Å². The molecule has 0 bridgehead atoms. The summed E-state index contributed by atoms with van der Waals surface area (Å²) in [5, 5.41) is 13.0. The van der Waals surface area contributed by atoms with Crippen molar-refractivity contribution in [2.24, 2.45) is 11.7 Å². The number of aliphatic hydroxyl groups is 1. The highest BCUT2D eigenvalue weighted by Gasteiger charge is 2.46. The van der Waals surface area contributed by atoms with Gasteiger partial charge in [0.05, 0.1) is 6.10 Å². The minimum Gasteiger partial charge on any atom is -0.396 e. The molecule has 0 amide bonds. The summed E-state index contributed by atoms with van der Waals surface area (Å²) in [6.45, 7) is 3.79. The molecule has 2 rings (SSSR count). The van der Waals surface area contributed by atoms with E-state index in [1.165, 1.54) is 12.8 Å². The van der Waals surface area contributed by atoms with E-state index in [4.69, 9.17) is 10.5 Å². The summed E-state index contributed by atoms with van der Waals surface area (Å²) in [7, 11) is 0. The van der Waals surface area contributed by atoms with Crippen LogP contribution >= 0.6 is 0 Å². The Labute approximate surface area is 104 Å². The van der Waals surface area contributed by atoms with Gasteiger partial charge in [0, 0.05) is 31.3 Å². The molecule has 2 unspecified atom stereocenters. The van der Waals surface area contributed by atoms with Gasteiger partial charge in [0.25, 0.3) is 0 Å². The second kappa shape index (κ2) is 5.65. The average molecular weight is 242 g/mol. The molecule has 4 N–H and O–H groups in total. The predicted molar refractivity (Wildman–Crippen MR) is 67.8 cm³/mol.